The third kappa shape index (κ3) is 5.01. The zero-order valence-electron chi connectivity index (χ0n) is 10.9. The molecule has 18 heavy (non-hydrogen) atoms. The van der Waals surface area contributed by atoms with Crippen molar-refractivity contribution in [3.63, 3.8) is 0 Å². The molecule has 102 valence electrons. The number of ether oxygens (including phenoxy) is 1. The lowest BCUT2D eigenvalue weighted by atomic mass is 10.2. The van der Waals surface area contributed by atoms with Crippen molar-refractivity contribution in [1.82, 2.24) is 4.98 Å². The van der Waals surface area contributed by atoms with Crippen LogP contribution in [0.15, 0.2) is 5.38 Å². The molecule has 0 aliphatic carbocycles. The van der Waals surface area contributed by atoms with E-state index in [2.05, 4.69) is 16.8 Å². The molecule has 0 bridgehead atoms. The number of carbonyl (C=O) groups is 1. The van der Waals surface area contributed by atoms with E-state index in [-0.39, 0.29) is 6.42 Å². The lowest BCUT2D eigenvalue weighted by Crippen LogP contribution is -2.27. The first-order valence-corrected chi connectivity index (χ1v) is 7.04. The second-order valence-electron chi connectivity index (χ2n) is 3.79. The molecule has 0 amide bonds. The summed E-state index contributed by atoms with van der Waals surface area (Å²) in [5.74, 6) is -0.784. The van der Waals surface area contributed by atoms with E-state index in [0.717, 1.165) is 30.5 Å². The number of anilines is 1. The molecular formula is C12H20N2O3S. The largest absolute Gasteiger partial charge is 0.481 e. The van der Waals surface area contributed by atoms with Crippen molar-refractivity contribution in [1.29, 1.82) is 0 Å². The standard InChI is InChI=1S/C12H20N2O3S/c1-3-14(7-8-17-4-2)12-13-10(9-18-12)5-6-11(15)16/h9H,3-8H2,1-2H3,(H,15,16). The minimum atomic E-state index is -0.784. The van der Waals surface area contributed by atoms with Crippen LogP contribution in [0.1, 0.15) is 26.0 Å². The Balaban J connectivity index is 2.50. The van der Waals surface area contributed by atoms with Crippen LogP contribution < -0.4 is 4.90 Å². The SMILES string of the molecule is CCOCCN(CC)c1nc(CCC(=O)O)cs1. The molecule has 0 aliphatic heterocycles. The summed E-state index contributed by atoms with van der Waals surface area (Å²) >= 11 is 1.56. The Morgan fingerprint density at radius 1 is 1.56 bits per heavy atom. The molecule has 5 nitrogen and oxygen atoms in total. The van der Waals surface area contributed by atoms with Crippen LogP contribution >= 0.6 is 11.3 Å². The van der Waals surface area contributed by atoms with Gasteiger partial charge in [0.25, 0.3) is 0 Å². The number of aryl methyl sites for hydroxylation is 1. The van der Waals surface area contributed by atoms with E-state index in [0.29, 0.717) is 13.0 Å². The van der Waals surface area contributed by atoms with Crippen LogP contribution in [0.2, 0.25) is 0 Å². The van der Waals surface area contributed by atoms with Gasteiger partial charge < -0.3 is 14.7 Å². The van der Waals surface area contributed by atoms with Crippen molar-refractivity contribution in [2.24, 2.45) is 0 Å². The first-order chi connectivity index (χ1) is 8.67. The molecule has 0 fully saturated rings. The van der Waals surface area contributed by atoms with E-state index >= 15 is 0 Å². The van der Waals surface area contributed by atoms with Gasteiger partial charge in [-0.1, -0.05) is 0 Å². The number of aliphatic carboxylic acids is 1. The Morgan fingerprint density at radius 2 is 2.33 bits per heavy atom. The maximum absolute atomic E-state index is 10.5. The highest BCUT2D eigenvalue weighted by Gasteiger charge is 2.10. The number of likely N-dealkylation sites (N-methyl/N-ethyl adjacent to an activating group) is 1. The summed E-state index contributed by atoms with van der Waals surface area (Å²) in [7, 11) is 0. The van der Waals surface area contributed by atoms with Crippen molar-refractivity contribution in [3.05, 3.63) is 11.1 Å². The molecule has 0 radical (unpaired) electrons. The Kier molecular flexibility index (Phi) is 6.67. The van der Waals surface area contributed by atoms with Crippen molar-refractivity contribution < 1.29 is 14.6 Å². The minimum absolute atomic E-state index is 0.133. The van der Waals surface area contributed by atoms with Gasteiger partial charge in [-0.3, -0.25) is 4.79 Å². The average molecular weight is 272 g/mol. The van der Waals surface area contributed by atoms with E-state index in [9.17, 15) is 4.79 Å². The van der Waals surface area contributed by atoms with Gasteiger partial charge in [0.1, 0.15) is 0 Å². The summed E-state index contributed by atoms with van der Waals surface area (Å²) in [6, 6.07) is 0. The van der Waals surface area contributed by atoms with Crippen LogP contribution in [0.3, 0.4) is 0 Å². The highest BCUT2D eigenvalue weighted by Crippen LogP contribution is 2.20. The molecule has 0 spiro atoms. The van der Waals surface area contributed by atoms with Crippen LogP contribution in [-0.2, 0) is 16.0 Å². The Hall–Kier alpha value is -1.14. The number of hydrogen-bond acceptors (Lipinski definition) is 5. The molecule has 0 saturated heterocycles. The van der Waals surface area contributed by atoms with E-state index in [1.807, 2.05) is 12.3 Å². The normalized spacial score (nSPS) is 10.6. The summed E-state index contributed by atoms with van der Waals surface area (Å²) < 4.78 is 5.33. The van der Waals surface area contributed by atoms with Crippen LogP contribution in [0.4, 0.5) is 5.13 Å². The number of hydrogen-bond donors (Lipinski definition) is 1. The van der Waals surface area contributed by atoms with E-state index in [1.54, 1.807) is 11.3 Å². The van der Waals surface area contributed by atoms with Gasteiger partial charge in [0.15, 0.2) is 5.13 Å². The summed E-state index contributed by atoms with van der Waals surface area (Å²) in [6.07, 6.45) is 0.628. The zero-order chi connectivity index (χ0) is 13.4. The molecule has 1 aromatic rings. The molecule has 0 aromatic carbocycles. The van der Waals surface area contributed by atoms with Crippen molar-refractivity contribution in [2.45, 2.75) is 26.7 Å². The molecule has 0 saturated carbocycles. The van der Waals surface area contributed by atoms with Gasteiger partial charge in [-0.2, -0.15) is 0 Å². The fourth-order valence-electron chi connectivity index (χ4n) is 1.50. The molecule has 0 aliphatic rings. The summed E-state index contributed by atoms with van der Waals surface area (Å²) in [4.78, 5) is 17.1. The highest BCUT2D eigenvalue weighted by molar-refractivity contribution is 7.13. The highest BCUT2D eigenvalue weighted by atomic mass is 32.1. The topological polar surface area (TPSA) is 62.7 Å². The molecule has 0 unspecified atom stereocenters. The smallest absolute Gasteiger partial charge is 0.303 e. The van der Waals surface area contributed by atoms with Crippen molar-refractivity contribution in [3.8, 4) is 0 Å². The van der Waals surface area contributed by atoms with E-state index < -0.39 is 5.97 Å². The fraction of sp³-hybridized carbons (Fsp3) is 0.667. The van der Waals surface area contributed by atoms with Gasteiger partial charge in [0, 0.05) is 31.5 Å². The van der Waals surface area contributed by atoms with Gasteiger partial charge in [-0.05, 0) is 13.8 Å². The molecule has 1 heterocycles. The van der Waals surface area contributed by atoms with Gasteiger partial charge in [0.05, 0.1) is 18.7 Å². The number of thiazole rings is 1. The number of rotatable bonds is 9. The Labute approximate surface area is 111 Å². The monoisotopic (exact) mass is 272 g/mol. The van der Waals surface area contributed by atoms with Crippen LogP contribution in [0.25, 0.3) is 0 Å². The van der Waals surface area contributed by atoms with Crippen LogP contribution in [0.5, 0.6) is 0 Å². The van der Waals surface area contributed by atoms with Gasteiger partial charge in [0.2, 0.25) is 0 Å². The quantitative estimate of drug-likeness (QED) is 0.697. The predicted octanol–water partition coefficient (Wildman–Crippen LogP) is 2.02. The zero-order valence-corrected chi connectivity index (χ0v) is 11.7. The molecular weight excluding hydrogens is 252 g/mol. The maximum atomic E-state index is 10.5. The first-order valence-electron chi connectivity index (χ1n) is 6.16. The van der Waals surface area contributed by atoms with E-state index in [1.165, 1.54) is 0 Å². The molecule has 1 aromatic heterocycles. The second-order valence-corrected chi connectivity index (χ2v) is 4.63. The summed E-state index contributed by atoms with van der Waals surface area (Å²) in [6.45, 7) is 7.15. The van der Waals surface area contributed by atoms with Crippen molar-refractivity contribution in [2.75, 3.05) is 31.2 Å². The second kappa shape index (κ2) is 8.05. The number of carboxylic acids is 1. The van der Waals surface area contributed by atoms with Gasteiger partial charge in [-0.25, -0.2) is 4.98 Å². The molecule has 6 heteroatoms. The van der Waals surface area contributed by atoms with Crippen LogP contribution in [0, 0.1) is 0 Å². The Morgan fingerprint density at radius 3 is 2.94 bits per heavy atom. The predicted molar refractivity (Wildman–Crippen MR) is 72.5 cm³/mol. The molecule has 1 rings (SSSR count). The molecule has 0 atom stereocenters. The molecule has 1 N–H and O–H groups in total. The van der Waals surface area contributed by atoms with Gasteiger partial charge >= 0.3 is 5.97 Å². The number of aromatic nitrogens is 1. The van der Waals surface area contributed by atoms with Crippen LogP contribution in [-0.4, -0.2) is 42.4 Å². The minimum Gasteiger partial charge on any atom is -0.481 e. The van der Waals surface area contributed by atoms with Gasteiger partial charge in [-0.15, -0.1) is 11.3 Å². The first kappa shape index (κ1) is 14.9. The lowest BCUT2D eigenvalue weighted by Gasteiger charge is -2.19. The maximum Gasteiger partial charge on any atom is 0.303 e. The summed E-state index contributed by atoms with van der Waals surface area (Å²) in [5.41, 5.74) is 0.854. The third-order valence-corrected chi connectivity index (χ3v) is 3.45. The fourth-order valence-corrected chi connectivity index (χ4v) is 2.45. The van der Waals surface area contributed by atoms with E-state index in [4.69, 9.17) is 9.84 Å². The third-order valence-electron chi connectivity index (χ3n) is 2.50. The lowest BCUT2D eigenvalue weighted by molar-refractivity contribution is -0.136. The summed E-state index contributed by atoms with van der Waals surface area (Å²) in [5, 5.41) is 11.5. The van der Waals surface area contributed by atoms with Crippen molar-refractivity contribution >= 4 is 22.4 Å². The number of carboxylic acid groups (broad SMARTS) is 1. The average Bonchev–Trinajstić information content (AvgIpc) is 2.81. The Bertz CT molecular complexity index is 368. The number of nitrogens with zero attached hydrogens (tertiary/aromatic N) is 2.